The summed E-state index contributed by atoms with van der Waals surface area (Å²) in [6.07, 6.45) is 2.28. The lowest BCUT2D eigenvalue weighted by Crippen LogP contribution is -2.27. The van der Waals surface area contributed by atoms with Crippen molar-refractivity contribution < 1.29 is 28.2 Å². The average molecular weight is 519 g/mol. The van der Waals surface area contributed by atoms with Crippen molar-refractivity contribution in [2.45, 2.75) is 27.2 Å². The minimum absolute atomic E-state index is 0.247. The predicted molar refractivity (Wildman–Crippen MR) is 143 cm³/mol. The molecule has 3 aromatic rings. The summed E-state index contributed by atoms with van der Waals surface area (Å²) < 4.78 is 31.2. The van der Waals surface area contributed by atoms with Crippen molar-refractivity contribution in [3.8, 4) is 17.2 Å². The van der Waals surface area contributed by atoms with Gasteiger partial charge in [-0.15, -0.1) is 0 Å². The first-order chi connectivity index (χ1) is 18.2. The van der Waals surface area contributed by atoms with Crippen molar-refractivity contribution in [1.82, 2.24) is 9.47 Å². The molecule has 8 heteroatoms. The van der Waals surface area contributed by atoms with E-state index in [2.05, 4.69) is 0 Å². The quantitative estimate of drug-likeness (QED) is 0.304. The number of hydrogen-bond donors (Lipinski definition) is 0. The minimum atomic E-state index is -0.567. The van der Waals surface area contributed by atoms with Crippen molar-refractivity contribution >= 4 is 18.0 Å². The molecule has 198 valence electrons. The normalized spacial score (nSPS) is 14.4. The van der Waals surface area contributed by atoms with E-state index in [1.54, 1.807) is 44.3 Å². The Balaban J connectivity index is 1.68. The molecule has 0 N–H and O–H groups in total. The Bertz CT molecular complexity index is 1450. The van der Waals surface area contributed by atoms with Crippen LogP contribution in [0.4, 0.5) is 4.39 Å². The number of esters is 1. The van der Waals surface area contributed by atoms with Crippen molar-refractivity contribution in [1.29, 1.82) is 0 Å². The Hall–Kier alpha value is -4.33. The monoisotopic (exact) mass is 518 g/mol. The van der Waals surface area contributed by atoms with Crippen LogP contribution in [0, 0.1) is 19.7 Å². The van der Waals surface area contributed by atoms with Crippen molar-refractivity contribution in [3.63, 3.8) is 0 Å². The second-order valence-electron chi connectivity index (χ2n) is 9.04. The molecule has 2 aromatic carbocycles. The third kappa shape index (κ3) is 4.94. The van der Waals surface area contributed by atoms with Gasteiger partial charge in [0.05, 0.1) is 32.5 Å². The van der Waals surface area contributed by atoms with Crippen molar-refractivity contribution in [2.24, 2.45) is 0 Å². The van der Waals surface area contributed by atoms with Crippen LogP contribution >= 0.6 is 0 Å². The van der Waals surface area contributed by atoms with Gasteiger partial charge in [0.15, 0.2) is 11.5 Å². The Morgan fingerprint density at radius 3 is 2.26 bits per heavy atom. The smallest absolute Gasteiger partial charge is 0.340 e. The lowest BCUT2D eigenvalue weighted by molar-refractivity contribution is -0.136. The first kappa shape index (κ1) is 26.7. The fourth-order valence-corrected chi connectivity index (χ4v) is 4.85. The van der Waals surface area contributed by atoms with Crippen LogP contribution in [0.15, 0.2) is 65.4 Å². The first-order valence-corrected chi connectivity index (χ1v) is 12.2. The van der Waals surface area contributed by atoms with E-state index in [1.807, 2.05) is 42.7 Å². The Morgan fingerprint density at radius 2 is 1.63 bits per heavy atom. The van der Waals surface area contributed by atoms with Gasteiger partial charge < -0.3 is 23.7 Å². The summed E-state index contributed by atoms with van der Waals surface area (Å²) in [4.78, 5) is 28.0. The van der Waals surface area contributed by atoms with Gasteiger partial charge in [0.2, 0.25) is 0 Å². The highest BCUT2D eigenvalue weighted by atomic mass is 19.1. The maximum atomic E-state index is 13.6. The number of methoxy groups -OCH3 is 3. The number of amides is 1. The van der Waals surface area contributed by atoms with E-state index >= 15 is 0 Å². The lowest BCUT2D eigenvalue weighted by atomic mass is 10.0. The second kappa shape index (κ2) is 11.0. The largest absolute Gasteiger partial charge is 0.493 e. The van der Waals surface area contributed by atoms with Crippen molar-refractivity contribution in [2.75, 3.05) is 27.9 Å². The molecule has 0 radical (unpaired) electrons. The number of ether oxygens (including phenoxy) is 3. The van der Waals surface area contributed by atoms with Gasteiger partial charge in [-0.3, -0.25) is 4.79 Å². The third-order valence-electron chi connectivity index (χ3n) is 6.83. The number of carbonyl (C=O) groups is 2. The number of nitrogens with zero attached hydrogens (tertiary/aromatic N) is 2. The molecule has 1 amide bonds. The van der Waals surface area contributed by atoms with Gasteiger partial charge in [0.1, 0.15) is 5.82 Å². The first-order valence-electron chi connectivity index (χ1n) is 12.2. The second-order valence-corrected chi connectivity index (χ2v) is 9.04. The maximum absolute atomic E-state index is 13.6. The van der Waals surface area contributed by atoms with Crippen LogP contribution in [0.3, 0.4) is 0 Å². The van der Waals surface area contributed by atoms with E-state index in [9.17, 15) is 14.0 Å². The van der Waals surface area contributed by atoms with Crippen molar-refractivity contribution in [3.05, 3.63) is 93.7 Å². The molecular weight excluding hydrogens is 487 g/mol. The van der Waals surface area contributed by atoms with Gasteiger partial charge in [0.25, 0.3) is 5.91 Å². The predicted octanol–water partition coefficient (Wildman–Crippen LogP) is 5.17. The lowest BCUT2D eigenvalue weighted by Gasteiger charge is -2.18. The molecule has 0 unspecified atom stereocenters. The van der Waals surface area contributed by atoms with E-state index in [1.165, 1.54) is 19.2 Å². The Kier molecular flexibility index (Phi) is 7.71. The van der Waals surface area contributed by atoms with Crippen LogP contribution in [0.25, 0.3) is 11.8 Å². The molecule has 2 heterocycles. The molecule has 0 fully saturated rings. The van der Waals surface area contributed by atoms with Crippen LogP contribution in [0.1, 0.15) is 29.4 Å². The zero-order valence-corrected chi connectivity index (χ0v) is 22.4. The van der Waals surface area contributed by atoms with Crippen LogP contribution < -0.4 is 9.47 Å². The molecule has 0 aliphatic carbocycles. The summed E-state index contributed by atoms with van der Waals surface area (Å²) in [6.45, 7) is 5.98. The molecule has 1 aliphatic rings. The molecule has 7 nitrogen and oxygen atoms in total. The molecule has 38 heavy (non-hydrogen) atoms. The number of benzene rings is 2. The van der Waals surface area contributed by atoms with E-state index in [0.29, 0.717) is 30.2 Å². The summed E-state index contributed by atoms with van der Waals surface area (Å²) in [7, 11) is 4.45. The topological polar surface area (TPSA) is 70.0 Å². The highest BCUT2D eigenvalue weighted by molar-refractivity contribution is 6.16. The van der Waals surface area contributed by atoms with E-state index < -0.39 is 5.97 Å². The fourth-order valence-electron chi connectivity index (χ4n) is 4.85. The molecular formula is C30H31FN2O5. The summed E-state index contributed by atoms with van der Waals surface area (Å²) in [5.74, 6) is 0.0861. The highest BCUT2D eigenvalue weighted by Gasteiger charge is 2.37. The number of allylic oxidation sites excluding steroid dienone is 1. The molecule has 1 aliphatic heterocycles. The summed E-state index contributed by atoms with van der Waals surface area (Å²) in [6, 6.07) is 13.8. The van der Waals surface area contributed by atoms with E-state index in [4.69, 9.17) is 14.2 Å². The molecule has 0 atom stereocenters. The molecule has 1 aromatic heterocycles. The summed E-state index contributed by atoms with van der Waals surface area (Å²) in [5.41, 5.74) is 5.39. The number of hydrogen-bond acceptors (Lipinski definition) is 5. The van der Waals surface area contributed by atoms with E-state index in [-0.39, 0.29) is 22.9 Å². The van der Waals surface area contributed by atoms with Crippen LogP contribution in [0.5, 0.6) is 11.5 Å². The minimum Gasteiger partial charge on any atom is -0.493 e. The number of halogens is 1. The summed E-state index contributed by atoms with van der Waals surface area (Å²) in [5, 5.41) is 0. The number of carbonyl (C=O) groups excluding carboxylic acids is 2. The molecule has 0 spiro atoms. The summed E-state index contributed by atoms with van der Waals surface area (Å²) >= 11 is 0. The van der Waals surface area contributed by atoms with Crippen LogP contribution in [0.2, 0.25) is 0 Å². The zero-order chi connectivity index (χ0) is 27.6. The molecule has 0 saturated carbocycles. The van der Waals surface area contributed by atoms with E-state index in [0.717, 1.165) is 28.2 Å². The third-order valence-corrected chi connectivity index (χ3v) is 6.83. The van der Waals surface area contributed by atoms with Crippen LogP contribution in [-0.2, 0) is 20.7 Å². The molecule has 4 rings (SSSR count). The Labute approximate surface area is 221 Å². The molecule has 0 bridgehead atoms. The van der Waals surface area contributed by atoms with Crippen LogP contribution in [-0.4, -0.2) is 49.2 Å². The average Bonchev–Trinajstić information content (AvgIpc) is 3.33. The molecule has 0 saturated heterocycles. The number of aryl methyl sites for hydroxylation is 1. The van der Waals surface area contributed by atoms with Gasteiger partial charge in [-0.1, -0.05) is 6.07 Å². The van der Waals surface area contributed by atoms with Gasteiger partial charge in [-0.05, 0) is 86.9 Å². The zero-order valence-electron chi connectivity index (χ0n) is 22.4. The number of aromatic nitrogens is 1. The fraction of sp³-hybridized carbons (Fsp3) is 0.267. The SMILES string of the molecule is COC(=O)C1=C(C)N(CCc2ccc(OC)c(OC)c2)C(=O)C1=Cc1cc(C)n(-c2ccc(F)cc2)c1C. The Morgan fingerprint density at radius 1 is 0.947 bits per heavy atom. The maximum Gasteiger partial charge on any atom is 0.340 e. The van der Waals surface area contributed by atoms with Gasteiger partial charge in [0, 0.05) is 29.3 Å². The highest BCUT2D eigenvalue weighted by Crippen LogP contribution is 2.34. The standard InChI is InChI=1S/C30H31FN2O5/c1-18-15-22(19(2)33(18)24-10-8-23(31)9-11-24)17-25-28(30(35)38-6)20(3)32(29(25)34)14-13-21-7-12-26(36-4)27(16-21)37-5/h7-12,15-17H,13-14H2,1-6H3. The number of rotatable bonds is 8. The van der Waals surface area contributed by atoms with Gasteiger partial charge in [-0.2, -0.15) is 0 Å². The van der Waals surface area contributed by atoms with Gasteiger partial charge >= 0.3 is 5.97 Å². The van der Waals surface area contributed by atoms with Gasteiger partial charge in [-0.25, -0.2) is 9.18 Å².